The minimum absolute atomic E-state index is 0.0640. The first-order valence-corrected chi connectivity index (χ1v) is 9.23. The summed E-state index contributed by atoms with van der Waals surface area (Å²) in [6, 6.07) is 21.4. The molecule has 0 aliphatic carbocycles. The third kappa shape index (κ3) is 4.32. The fourth-order valence-electron chi connectivity index (χ4n) is 3.07. The topological polar surface area (TPSA) is 92.0 Å². The molecule has 4 rings (SSSR count). The number of aliphatic hydroxyl groups is 1. The number of aromatic nitrogens is 3. The average molecular weight is 385 g/mol. The fourth-order valence-corrected chi connectivity index (χ4v) is 3.07. The number of aromatic amines is 1. The summed E-state index contributed by atoms with van der Waals surface area (Å²) < 4.78 is 6.07. The number of rotatable bonds is 7. The lowest BCUT2D eigenvalue weighted by Crippen LogP contribution is -2.00. The molecule has 2 aromatic carbocycles. The van der Waals surface area contributed by atoms with E-state index in [0.717, 1.165) is 23.6 Å². The van der Waals surface area contributed by atoms with Crippen molar-refractivity contribution < 1.29 is 14.3 Å². The Kier molecular flexibility index (Phi) is 5.33. The molecule has 29 heavy (non-hydrogen) atoms. The lowest BCUT2D eigenvalue weighted by Gasteiger charge is -2.03. The van der Waals surface area contributed by atoms with Gasteiger partial charge in [0.05, 0.1) is 5.56 Å². The number of ketones is 1. The smallest absolute Gasteiger partial charge is 0.226 e. The van der Waals surface area contributed by atoms with Gasteiger partial charge in [0, 0.05) is 18.1 Å². The number of H-pyrrole nitrogens is 1. The number of carbonyl (C=O) groups is 1. The molecule has 0 aliphatic heterocycles. The SMILES string of the molecule is O=C(C=C(O)c1cc(-c2ccccc2)oc1CCc1ccccc1)c1ncn[nH]1. The van der Waals surface area contributed by atoms with Gasteiger partial charge in [-0.1, -0.05) is 60.7 Å². The highest BCUT2D eigenvalue weighted by Crippen LogP contribution is 2.30. The van der Waals surface area contributed by atoms with Crippen LogP contribution in [0.4, 0.5) is 0 Å². The predicted molar refractivity (Wildman–Crippen MR) is 109 cm³/mol. The van der Waals surface area contributed by atoms with Crippen LogP contribution in [0, 0.1) is 0 Å². The second-order valence-electron chi connectivity index (χ2n) is 6.53. The van der Waals surface area contributed by atoms with E-state index in [1.807, 2.05) is 60.7 Å². The van der Waals surface area contributed by atoms with Gasteiger partial charge >= 0.3 is 0 Å². The van der Waals surface area contributed by atoms with Crippen molar-refractivity contribution in [1.29, 1.82) is 0 Å². The van der Waals surface area contributed by atoms with Gasteiger partial charge in [-0.05, 0) is 18.1 Å². The first-order valence-electron chi connectivity index (χ1n) is 9.23. The third-order valence-corrected chi connectivity index (χ3v) is 4.54. The van der Waals surface area contributed by atoms with Crippen molar-refractivity contribution in [2.24, 2.45) is 0 Å². The average Bonchev–Trinajstić information content (AvgIpc) is 3.44. The summed E-state index contributed by atoms with van der Waals surface area (Å²) in [4.78, 5) is 16.1. The molecule has 0 saturated carbocycles. The number of allylic oxidation sites excluding steroid dienone is 1. The van der Waals surface area contributed by atoms with Crippen molar-refractivity contribution >= 4 is 11.5 Å². The minimum atomic E-state index is -0.462. The summed E-state index contributed by atoms with van der Waals surface area (Å²) in [7, 11) is 0. The van der Waals surface area contributed by atoms with Gasteiger partial charge in [0.15, 0.2) is 5.82 Å². The van der Waals surface area contributed by atoms with Crippen LogP contribution in [0.1, 0.15) is 27.5 Å². The van der Waals surface area contributed by atoms with E-state index in [0.29, 0.717) is 23.5 Å². The second-order valence-corrected chi connectivity index (χ2v) is 6.53. The zero-order chi connectivity index (χ0) is 20.1. The molecule has 0 atom stereocenters. The summed E-state index contributed by atoms with van der Waals surface area (Å²) in [5.74, 6) is 0.688. The summed E-state index contributed by atoms with van der Waals surface area (Å²) >= 11 is 0. The molecule has 144 valence electrons. The van der Waals surface area contributed by atoms with Crippen LogP contribution in [0.3, 0.4) is 0 Å². The molecule has 6 nitrogen and oxygen atoms in total. The van der Waals surface area contributed by atoms with Crippen LogP contribution in [0.2, 0.25) is 0 Å². The van der Waals surface area contributed by atoms with Crippen LogP contribution in [0.5, 0.6) is 0 Å². The van der Waals surface area contributed by atoms with E-state index in [4.69, 9.17) is 4.42 Å². The molecule has 0 spiro atoms. The van der Waals surface area contributed by atoms with Gasteiger partial charge in [-0.3, -0.25) is 9.89 Å². The molecule has 0 bridgehead atoms. The fraction of sp³-hybridized carbons (Fsp3) is 0.0870. The Labute approximate surface area is 167 Å². The molecule has 6 heteroatoms. The number of furan rings is 1. The number of hydrogen-bond acceptors (Lipinski definition) is 5. The number of benzene rings is 2. The summed E-state index contributed by atoms with van der Waals surface area (Å²) in [5.41, 5.74) is 2.55. The molecule has 0 unspecified atom stereocenters. The highest BCUT2D eigenvalue weighted by molar-refractivity contribution is 6.05. The first kappa shape index (κ1) is 18.4. The van der Waals surface area contributed by atoms with Crippen LogP contribution in [-0.2, 0) is 12.8 Å². The number of aliphatic hydroxyl groups excluding tert-OH is 1. The Hall–Kier alpha value is -3.93. The molecular formula is C23H19N3O3. The van der Waals surface area contributed by atoms with Crippen LogP contribution in [0.25, 0.3) is 17.1 Å². The predicted octanol–water partition coefficient (Wildman–Crippen LogP) is 4.63. The van der Waals surface area contributed by atoms with Crippen molar-refractivity contribution in [2.75, 3.05) is 0 Å². The van der Waals surface area contributed by atoms with Gasteiger partial charge in [-0.15, -0.1) is 0 Å². The lowest BCUT2D eigenvalue weighted by molar-refractivity contribution is 0.103. The largest absolute Gasteiger partial charge is 0.507 e. The number of hydrogen-bond donors (Lipinski definition) is 2. The van der Waals surface area contributed by atoms with E-state index in [1.54, 1.807) is 6.07 Å². The van der Waals surface area contributed by atoms with Crippen LogP contribution in [0.15, 0.2) is 83.6 Å². The maximum atomic E-state index is 12.3. The molecule has 0 aliphatic rings. The minimum Gasteiger partial charge on any atom is -0.507 e. The first-order chi connectivity index (χ1) is 14.2. The zero-order valence-electron chi connectivity index (χ0n) is 15.6. The van der Waals surface area contributed by atoms with Crippen molar-refractivity contribution in [2.45, 2.75) is 12.8 Å². The van der Waals surface area contributed by atoms with Gasteiger partial charge in [0.1, 0.15) is 23.6 Å². The molecular weight excluding hydrogens is 366 g/mol. The molecule has 2 heterocycles. The van der Waals surface area contributed by atoms with E-state index >= 15 is 0 Å². The van der Waals surface area contributed by atoms with E-state index in [-0.39, 0.29) is 11.6 Å². The van der Waals surface area contributed by atoms with Gasteiger partial charge < -0.3 is 9.52 Å². The molecule has 2 aromatic heterocycles. The maximum Gasteiger partial charge on any atom is 0.226 e. The Balaban J connectivity index is 1.66. The van der Waals surface area contributed by atoms with Crippen LogP contribution < -0.4 is 0 Å². The van der Waals surface area contributed by atoms with Gasteiger partial charge in [0.25, 0.3) is 0 Å². The van der Waals surface area contributed by atoms with Crippen molar-refractivity contribution in [3.63, 3.8) is 0 Å². The van der Waals surface area contributed by atoms with Crippen LogP contribution >= 0.6 is 0 Å². The quantitative estimate of drug-likeness (QED) is 0.275. The number of nitrogens with zero attached hydrogens (tertiary/aromatic N) is 2. The summed E-state index contributed by atoms with van der Waals surface area (Å²) in [5, 5.41) is 16.8. The Bertz CT molecular complexity index is 1110. The Morgan fingerprint density at radius 2 is 1.76 bits per heavy atom. The number of aryl methyl sites for hydroxylation is 2. The normalized spacial score (nSPS) is 11.5. The number of nitrogens with one attached hydrogen (secondary N) is 1. The zero-order valence-corrected chi connectivity index (χ0v) is 15.6. The molecule has 0 amide bonds. The highest BCUT2D eigenvalue weighted by Gasteiger charge is 2.18. The van der Waals surface area contributed by atoms with E-state index in [9.17, 15) is 9.90 Å². The molecule has 0 fully saturated rings. The Morgan fingerprint density at radius 1 is 1.03 bits per heavy atom. The van der Waals surface area contributed by atoms with E-state index < -0.39 is 5.78 Å². The van der Waals surface area contributed by atoms with Crippen molar-refractivity contribution in [3.8, 4) is 11.3 Å². The van der Waals surface area contributed by atoms with E-state index in [1.165, 1.54) is 6.33 Å². The number of carbonyl (C=O) groups excluding carboxylic acids is 1. The van der Waals surface area contributed by atoms with Crippen LogP contribution in [-0.4, -0.2) is 26.1 Å². The molecule has 0 saturated heterocycles. The monoisotopic (exact) mass is 385 g/mol. The summed E-state index contributed by atoms with van der Waals surface area (Å²) in [6.07, 6.45) is 3.71. The van der Waals surface area contributed by atoms with Crippen molar-refractivity contribution in [1.82, 2.24) is 15.2 Å². The standard InChI is InChI=1S/C23H19N3O3/c27-19(14-20(28)23-24-15-25-26-23)18-13-22(17-9-5-2-6-10-17)29-21(18)12-11-16-7-3-1-4-8-16/h1-10,13-15,27H,11-12H2,(H,24,25,26). The van der Waals surface area contributed by atoms with Gasteiger partial charge in [-0.2, -0.15) is 5.10 Å². The summed E-state index contributed by atoms with van der Waals surface area (Å²) in [6.45, 7) is 0. The van der Waals surface area contributed by atoms with Crippen molar-refractivity contribution in [3.05, 3.63) is 102 Å². The third-order valence-electron chi connectivity index (χ3n) is 4.54. The van der Waals surface area contributed by atoms with Gasteiger partial charge in [0.2, 0.25) is 5.78 Å². The molecule has 0 radical (unpaired) electrons. The maximum absolute atomic E-state index is 12.3. The van der Waals surface area contributed by atoms with E-state index in [2.05, 4.69) is 15.2 Å². The Morgan fingerprint density at radius 3 is 2.45 bits per heavy atom. The molecule has 2 N–H and O–H groups in total. The second kappa shape index (κ2) is 8.39. The highest BCUT2D eigenvalue weighted by atomic mass is 16.3. The lowest BCUT2D eigenvalue weighted by atomic mass is 10.0. The molecule has 4 aromatic rings. The van der Waals surface area contributed by atoms with Gasteiger partial charge in [-0.25, -0.2) is 4.98 Å².